The summed E-state index contributed by atoms with van der Waals surface area (Å²) in [7, 11) is 0. The minimum Gasteiger partial charge on any atom is -0.306 e. The number of fused-ring (bicyclic) bond motifs is 2. The summed E-state index contributed by atoms with van der Waals surface area (Å²) in [5, 5.41) is 0. The molecule has 1 amide bonds. The van der Waals surface area contributed by atoms with E-state index in [1.807, 2.05) is 18.2 Å². The zero-order valence-electron chi connectivity index (χ0n) is 12.8. The molecule has 1 saturated heterocycles. The fourth-order valence-corrected chi connectivity index (χ4v) is 3.63. The highest BCUT2D eigenvalue weighted by Gasteiger charge is 2.34. The molecule has 1 unspecified atom stereocenters. The van der Waals surface area contributed by atoms with Gasteiger partial charge in [-0.15, -0.1) is 0 Å². The van der Waals surface area contributed by atoms with Crippen molar-refractivity contribution in [2.45, 2.75) is 25.4 Å². The molecule has 1 aromatic heterocycles. The quantitative estimate of drug-likeness (QED) is 0.812. The lowest BCUT2D eigenvalue weighted by molar-refractivity contribution is 0.0977. The van der Waals surface area contributed by atoms with Gasteiger partial charge in [0.25, 0.3) is 5.91 Å². The first kappa shape index (κ1) is 14.3. The Morgan fingerprint density at radius 3 is 3.00 bits per heavy atom. The zero-order valence-corrected chi connectivity index (χ0v) is 12.8. The number of nitrogens with zero attached hydrogens (tertiary/aromatic N) is 3. The zero-order chi connectivity index (χ0) is 15.8. The number of para-hydroxylation sites is 1. The molecule has 5 heteroatoms. The van der Waals surface area contributed by atoms with Gasteiger partial charge >= 0.3 is 0 Å². The molecule has 0 saturated carbocycles. The first-order valence-electron chi connectivity index (χ1n) is 7.97. The molecule has 1 atom stereocenters. The summed E-state index contributed by atoms with van der Waals surface area (Å²) in [6, 6.07) is 9.73. The highest BCUT2D eigenvalue weighted by molar-refractivity contribution is 6.06. The average molecular weight is 311 g/mol. The van der Waals surface area contributed by atoms with Crippen molar-refractivity contribution in [2.75, 3.05) is 18.0 Å². The molecule has 3 heterocycles. The Balaban J connectivity index is 1.77. The van der Waals surface area contributed by atoms with Crippen LogP contribution in [-0.2, 0) is 6.54 Å². The number of hydrogen-bond acceptors (Lipinski definition) is 3. The maximum Gasteiger partial charge on any atom is 0.261 e. The van der Waals surface area contributed by atoms with E-state index in [-0.39, 0.29) is 11.5 Å². The van der Waals surface area contributed by atoms with Gasteiger partial charge in [-0.3, -0.25) is 14.7 Å². The van der Waals surface area contributed by atoms with E-state index in [1.54, 1.807) is 4.90 Å². The minimum absolute atomic E-state index is 0.0845. The molecular formula is C18H18FN3O. The first-order chi connectivity index (χ1) is 11.2. The number of pyridine rings is 1. The van der Waals surface area contributed by atoms with Crippen LogP contribution >= 0.6 is 0 Å². The second kappa shape index (κ2) is 5.74. The van der Waals surface area contributed by atoms with Crippen molar-refractivity contribution in [2.24, 2.45) is 0 Å². The van der Waals surface area contributed by atoms with Crippen LogP contribution < -0.4 is 4.90 Å². The van der Waals surface area contributed by atoms with Crippen LogP contribution in [0.15, 0.2) is 42.7 Å². The standard InChI is InChI=1S/C18H18FN3O/c19-16-10-20-8-7-15(16)18(23)22-12-14-5-3-9-21(14)11-13-4-1-2-6-17(13)22/h1-2,4,6-8,10,14H,3,5,9,11-12H2. The van der Waals surface area contributed by atoms with Crippen LogP contribution in [0.25, 0.3) is 0 Å². The van der Waals surface area contributed by atoms with E-state index in [9.17, 15) is 9.18 Å². The number of rotatable bonds is 1. The topological polar surface area (TPSA) is 36.4 Å². The number of amides is 1. The maximum absolute atomic E-state index is 14.0. The van der Waals surface area contributed by atoms with Gasteiger partial charge in [0.1, 0.15) is 0 Å². The fraction of sp³-hybridized carbons (Fsp3) is 0.333. The second-order valence-corrected chi connectivity index (χ2v) is 6.17. The van der Waals surface area contributed by atoms with Crippen molar-refractivity contribution in [1.29, 1.82) is 0 Å². The van der Waals surface area contributed by atoms with Crippen molar-refractivity contribution in [3.05, 3.63) is 59.7 Å². The number of hydrogen-bond donors (Lipinski definition) is 0. The van der Waals surface area contributed by atoms with E-state index in [0.29, 0.717) is 12.6 Å². The molecule has 2 aliphatic heterocycles. The largest absolute Gasteiger partial charge is 0.306 e. The molecule has 0 N–H and O–H groups in total. The summed E-state index contributed by atoms with van der Waals surface area (Å²) in [6.07, 6.45) is 4.79. The molecular weight excluding hydrogens is 293 g/mol. The number of anilines is 1. The van der Waals surface area contributed by atoms with Crippen LogP contribution in [-0.4, -0.2) is 34.9 Å². The summed E-state index contributed by atoms with van der Waals surface area (Å²) in [5.74, 6) is -0.853. The molecule has 2 aliphatic rings. The molecule has 4 rings (SSSR count). The molecule has 0 spiro atoms. The Morgan fingerprint density at radius 1 is 1.26 bits per heavy atom. The minimum atomic E-state index is -0.567. The van der Waals surface area contributed by atoms with Gasteiger partial charge in [0.15, 0.2) is 5.82 Å². The van der Waals surface area contributed by atoms with Gasteiger partial charge in [-0.1, -0.05) is 18.2 Å². The van der Waals surface area contributed by atoms with Crippen LogP contribution in [0.2, 0.25) is 0 Å². The molecule has 1 aromatic carbocycles. The Labute approximate surface area is 134 Å². The smallest absolute Gasteiger partial charge is 0.261 e. The number of carbonyl (C=O) groups excluding carboxylic acids is 1. The summed E-state index contributed by atoms with van der Waals surface area (Å²) in [5.41, 5.74) is 2.10. The lowest BCUT2D eigenvalue weighted by Gasteiger charge is -2.26. The van der Waals surface area contributed by atoms with Crippen molar-refractivity contribution < 1.29 is 9.18 Å². The van der Waals surface area contributed by atoms with Gasteiger partial charge in [-0.25, -0.2) is 4.39 Å². The summed E-state index contributed by atoms with van der Waals surface area (Å²) in [6.45, 7) is 2.52. The van der Waals surface area contributed by atoms with E-state index in [4.69, 9.17) is 0 Å². The number of halogens is 1. The lowest BCUT2D eigenvalue weighted by atomic mass is 10.1. The monoisotopic (exact) mass is 311 g/mol. The molecule has 0 aliphatic carbocycles. The van der Waals surface area contributed by atoms with Gasteiger partial charge in [-0.05, 0) is 37.1 Å². The van der Waals surface area contributed by atoms with Crippen LogP contribution in [0.4, 0.5) is 10.1 Å². The third-order valence-corrected chi connectivity index (χ3v) is 4.80. The predicted octanol–water partition coefficient (Wildman–Crippen LogP) is 2.85. The van der Waals surface area contributed by atoms with Crippen LogP contribution in [0.1, 0.15) is 28.8 Å². The van der Waals surface area contributed by atoms with E-state index < -0.39 is 5.82 Å². The van der Waals surface area contributed by atoms with Crippen molar-refractivity contribution in [1.82, 2.24) is 9.88 Å². The number of benzene rings is 1. The second-order valence-electron chi connectivity index (χ2n) is 6.17. The van der Waals surface area contributed by atoms with E-state index in [1.165, 1.54) is 12.3 Å². The van der Waals surface area contributed by atoms with E-state index in [0.717, 1.165) is 43.4 Å². The average Bonchev–Trinajstić information content (AvgIpc) is 2.94. The highest BCUT2D eigenvalue weighted by atomic mass is 19.1. The normalized spacial score (nSPS) is 20.7. The third-order valence-electron chi connectivity index (χ3n) is 4.80. The fourth-order valence-electron chi connectivity index (χ4n) is 3.63. The van der Waals surface area contributed by atoms with Gasteiger partial charge in [0, 0.05) is 31.0 Å². The van der Waals surface area contributed by atoms with E-state index in [2.05, 4.69) is 16.0 Å². The van der Waals surface area contributed by atoms with Gasteiger partial charge in [0.05, 0.1) is 11.8 Å². The van der Waals surface area contributed by atoms with Gasteiger partial charge in [-0.2, -0.15) is 0 Å². The van der Waals surface area contributed by atoms with Crippen molar-refractivity contribution in [3.63, 3.8) is 0 Å². The third kappa shape index (κ3) is 2.51. The Bertz CT molecular complexity index is 749. The van der Waals surface area contributed by atoms with Crippen molar-refractivity contribution >= 4 is 11.6 Å². The predicted molar refractivity (Wildman–Crippen MR) is 85.7 cm³/mol. The highest BCUT2D eigenvalue weighted by Crippen LogP contribution is 2.32. The summed E-state index contributed by atoms with van der Waals surface area (Å²) < 4.78 is 14.0. The molecule has 0 radical (unpaired) electrons. The molecule has 2 aromatic rings. The summed E-state index contributed by atoms with van der Waals surface area (Å²) >= 11 is 0. The summed E-state index contributed by atoms with van der Waals surface area (Å²) in [4.78, 5) is 20.9. The lowest BCUT2D eigenvalue weighted by Crippen LogP contribution is -2.40. The molecule has 23 heavy (non-hydrogen) atoms. The van der Waals surface area contributed by atoms with Crippen LogP contribution in [0, 0.1) is 5.82 Å². The Hall–Kier alpha value is -2.27. The van der Waals surface area contributed by atoms with Gasteiger partial charge < -0.3 is 4.90 Å². The molecule has 0 bridgehead atoms. The molecule has 1 fully saturated rings. The van der Waals surface area contributed by atoms with Crippen molar-refractivity contribution in [3.8, 4) is 0 Å². The SMILES string of the molecule is O=C(c1ccncc1F)N1CC2CCCN2Cc2ccccc21. The van der Waals surface area contributed by atoms with Crippen LogP contribution in [0.3, 0.4) is 0 Å². The molecule has 4 nitrogen and oxygen atoms in total. The number of carbonyl (C=O) groups is 1. The van der Waals surface area contributed by atoms with Gasteiger partial charge in [0.2, 0.25) is 0 Å². The van der Waals surface area contributed by atoms with E-state index >= 15 is 0 Å². The Kier molecular flexibility index (Phi) is 3.58. The maximum atomic E-state index is 14.0. The first-order valence-corrected chi connectivity index (χ1v) is 7.97. The molecule has 118 valence electrons. The van der Waals surface area contributed by atoms with Crippen LogP contribution in [0.5, 0.6) is 0 Å². The number of aromatic nitrogens is 1. The Morgan fingerprint density at radius 2 is 2.13 bits per heavy atom.